The highest BCUT2D eigenvalue weighted by Crippen LogP contribution is 2.25. The average Bonchev–Trinajstić information content (AvgIpc) is 2.40. The molecule has 0 unspecified atom stereocenters. The maximum absolute atomic E-state index is 12.1. The van der Waals surface area contributed by atoms with Crippen molar-refractivity contribution in [3.05, 3.63) is 53.6 Å². The molecule has 0 bridgehead atoms. The molecular formula is C15H16N2O2. The number of aryl methyl sites for hydroxylation is 1. The largest absolute Gasteiger partial charge is 0.495 e. The Balaban J connectivity index is 2.24. The number of carbonyl (C=O) groups is 1. The van der Waals surface area contributed by atoms with Gasteiger partial charge in [-0.3, -0.25) is 4.79 Å². The van der Waals surface area contributed by atoms with E-state index in [1.165, 1.54) is 0 Å². The van der Waals surface area contributed by atoms with Crippen molar-refractivity contribution in [2.24, 2.45) is 0 Å². The van der Waals surface area contributed by atoms with Crippen molar-refractivity contribution in [2.45, 2.75) is 6.92 Å². The van der Waals surface area contributed by atoms with Crippen molar-refractivity contribution in [1.82, 2.24) is 0 Å². The van der Waals surface area contributed by atoms with Crippen LogP contribution in [-0.4, -0.2) is 13.0 Å². The molecule has 98 valence electrons. The second-order valence-electron chi connectivity index (χ2n) is 4.28. The minimum Gasteiger partial charge on any atom is -0.495 e. The van der Waals surface area contributed by atoms with E-state index in [4.69, 9.17) is 10.5 Å². The van der Waals surface area contributed by atoms with Gasteiger partial charge in [-0.25, -0.2) is 0 Å². The van der Waals surface area contributed by atoms with Gasteiger partial charge in [-0.2, -0.15) is 0 Å². The lowest BCUT2D eigenvalue weighted by atomic mass is 10.1. The van der Waals surface area contributed by atoms with Gasteiger partial charge in [-0.15, -0.1) is 0 Å². The number of ether oxygens (including phenoxy) is 1. The number of rotatable bonds is 3. The molecule has 3 N–H and O–H groups in total. The Bertz CT molecular complexity index is 609. The normalized spacial score (nSPS) is 10.0. The second-order valence-corrected chi connectivity index (χ2v) is 4.28. The Morgan fingerprint density at radius 3 is 2.68 bits per heavy atom. The standard InChI is InChI=1S/C15H16N2O2/c1-10-6-7-13(14(8-10)19-2)17-15(18)11-4-3-5-12(16)9-11/h3-9H,16H2,1-2H3,(H,17,18). The summed E-state index contributed by atoms with van der Waals surface area (Å²) in [7, 11) is 1.57. The molecule has 0 spiro atoms. The fraction of sp³-hybridized carbons (Fsp3) is 0.133. The van der Waals surface area contributed by atoms with Crippen molar-refractivity contribution in [3.8, 4) is 5.75 Å². The molecule has 4 nitrogen and oxygen atoms in total. The molecule has 19 heavy (non-hydrogen) atoms. The van der Waals surface area contributed by atoms with Crippen molar-refractivity contribution in [2.75, 3.05) is 18.2 Å². The molecule has 0 atom stereocenters. The molecule has 0 heterocycles. The highest BCUT2D eigenvalue weighted by atomic mass is 16.5. The Labute approximate surface area is 112 Å². The monoisotopic (exact) mass is 256 g/mol. The zero-order valence-electron chi connectivity index (χ0n) is 10.9. The van der Waals surface area contributed by atoms with E-state index in [9.17, 15) is 4.79 Å². The molecule has 0 saturated heterocycles. The van der Waals surface area contributed by atoms with Crippen LogP contribution in [0.2, 0.25) is 0 Å². The summed E-state index contributed by atoms with van der Waals surface area (Å²) in [6.07, 6.45) is 0. The van der Waals surface area contributed by atoms with E-state index in [1.807, 2.05) is 25.1 Å². The molecule has 2 rings (SSSR count). The molecule has 0 aliphatic carbocycles. The molecule has 0 aromatic heterocycles. The predicted octanol–water partition coefficient (Wildman–Crippen LogP) is 2.84. The summed E-state index contributed by atoms with van der Waals surface area (Å²) in [6, 6.07) is 12.4. The number of nitrogens with two attached hydrogens (primary N) is 1. The third kappa shape index (κ3) is 3.04. The van der Waals surface area contributed by atoms with E-state index < -0.39 is 0 Å². The number of amides is 1. The summed E-state index contributed by atoms with van der Waals surface area (Å²) in [5, 5.41) is 2.81. The predicted molar refractivity (Wildman–Crippen MR) is 76.5 cm³/mol. The molecule has 0 aliphatic rings. The number of carbonyl (C=O) groups excluding carboxylic acids is 1. The van der Waals surface area contributed by atoms with Crippen LogP contribution in [0, 0.1) is 6.92 Å². The molecule has 4 heteroatoms. The molecular weight excluding hydrogens is 240 g/mol. The maximum atomic E-state index is 12.1. The molecule has 2 aromatic carbocycles. The first kappa shape index (κ1) is 13.0. The minimum atomic E-state index is -0.213. The second kappa shape index (κ2) is 5.44. The Morgan fingerprint density at radius 1 is 1.21 bits per heavy atom. The van der Waals surface area contributed by atoms with E-state index in [-0.39, 0.29) is 5.91 Å². The molecule has 0 fully saturated rings. The van der Waals surface area contributed by atoms with Crippen molar-refractivity contribution >= 4 is 17.3 Å². The number of benzene rings is 2. The van der Waals surface area contributed by atoms with Crippen LogP contribution >= 0.6 is 0 Å². The summed E-state index contributed by atoms with van der Waals surface area (Å²) in [6.45, 7) is 1.96. The molecule has 0 saturated carbocycles. The lowest BCUT2D eigenvalue weighted by Gasteiger charge is -2.11. The summed E-state index contributed by atoms with van der Waals surface area (Å²) >= 11 is 0. The average molecular weight is 256 g/mol. The SMILES string of the molecule is COc1cc(C)ccc1NC(=O)c1cccc(N)c1. The quantitative estimate of drug-likeness (QED) is 0.830. The van der Waals surface area contributed by atoms with Crippen molar-refractivity contribution < 1.29 is 9.53 Å². The minimum absolute atomic E-state index is 0.213. The third-order valence-corrected chi connectivity index (χ3v) is 2.75. The van der Waals surface area contributed by atoms with Crippen LogP contribution in [0.4, 0.5) is 11.4 Å². The fourth-order valence-corrected chi connectivity index (χ4v) is 1.78. The molecule has 1 amide bonds. The summed E-state index contributed by atoms with van der Waals surface area (Å²) in [5.41, 5.74) is 8.44. The lowest BCUT2D eigenvalue weighted by Crippen LogP contribution is -2.12. The zero-order valence-corrected chi connectivity index (χ0v) is 10.9. The number of nitrogen functional groups attached to an aromatic ring is 1. The topological polar surface area (TPSA) is 64.3 Å². The summed E-state index contributed by atoms with van der Waals surface area (Å²) in [5.74, 6) is 0.423. The Morgan fingerprint density at radius 2 is 2.00 bits per heavy atom. The van der Waals surface area contributed by atoms with E-state index in [2.05, 4.69) is 5.32 Å². The molecule has 0 aliphatic heterocycles. The summed E-state index contributed by atoms with van der Waals surface area (Å²) < 4.78 is 5.25. The lowest BCUT2D eigenvalue weighted by molar-refractivity contribution is 0.102. The number of methoxy groups -OCH3 is 1. The van der Waals surface area contributed by atoms with Crippen LogP contribution in [0.1, 0.15) is 15.9 Å². The Kier molecular flexibility index (Phi) is 3.71. The van der Waals surface area contributed by atoms with E-state index in [0.29, 0.717) is 22.7 Å². The van der Waals surface area contributed by atoms with Gasteiger partial charge in [-0.1, -0.05) is 12.1 Å². The zero-order chi connectivity index (χ0) is 13.8. The van der Waals surface area contributed by atoms with E-state index in [1.54, 1.807) is 31.4 Å². The number of hydrogen-bond acceptors (Lipinski definition) is 3. The van der Waals surface area contributed by atoms with Crippen LogP contribution in [0.3, 0.4) is 0 Å². The highest BCUT2D eigenvalue weighted by molar-refractivity contribution is 6.05. The van der Waals surface area contributed by atoms with Crippen molar-refractivity contribution in [3.63, 3.8) is 0 Å². The van der Waals surface area contributed by atoms with Crippen LogP contribution in [-0.2, 0) is 0 Å². The van der Waals surface area contributed by atoms with Gasteiger partial charge >= 0.3 is 0 Å². The summed E-state index contributed by atoms with van der Waals surface area (Å²) in [4.78, 5) is 12.1. The van der Waals surface area contributed by atoms with E-state index in [0.717, 1.165) is 5.56 Å². The van der Waals surface area contributed by atoms with Gasteiger partial charge in [0.05, 0.1) is 12.8 Å². The van der Waals surface area contributed by atoms with Gasteiger partial charge in [0.15, 0.2) is 0 Å². The first-order valence-electron chi connectivity index (χ1n) is 5.91. The first-order valence-corrected chi connectivity index (χ1v) is 5.91. The third-order valence-electron chi connectivity index (χ3n) is 2.75. The van der Waals surface area contributed by atoms with Gasteiger partial charge in [0.2, 0.25) is 0 Å². The van der Waals surface area contributed by atoms with Gasteiger partial charge in [-0.05, 0) is 42.8 Å². The smallest absolute Gasteiger partial charge is 0.255 e. The van der Waals surface area contributed by atoms with Gasteiger partial charge in [0.1, 0.15) is 5.75 Å². The number of anilines is 2. The number of nitrogens with one attached hydrogen (secondary N) is 1. The van der Waals surface area contributed by atoms with Crippen LogP contribution < -0.4 is 15.8 Å². The van der Waals surface area contributed by atoms with Gasteiger partial charge < -0.3 is 15.8 Å². The van der Waals surface area contributed by atoms with Crippen LogP contribution in [0.15, 0.2) is 42.5 Å². The fourth-order valence-electron chi connectivity index (χ4n) is 1.78. The number of hydrogen-bond donors (Lipinski definition) is 2. The van der Waals surface area contributed by atoms with Crippen molar-refractivity contribution in [1.29, 1.82) is 0 Å². The highest BCUT2D eigenvalue weighted by Gasteiger charge is 2.09. The van der Waals surface area contributed by atoms with Crippen LogP contribution in [0.5, 0.6) is 5.75 Å². The van der Waals surface area contributed by atoms with E-state index >= 15 is 0 Å². The first-order chi connectivity index (χ1) is 9.10. The molecule has 0 radical (unpaired) electrons. The van der Waals surface area contributed by atoms with Crippen LogP contribution in [0.25, 0.3) is 0 Å². The molecule has 2 aromatic rings. The maximum Gasteiger partial charge on any atom is 0.255 e. The van der Waals surface area contributed by atoms with Gasteiger partial charge in [0.25, 0.3) is 5.91 Å². The Hall–Kier alpha value is -2.49. The van der Waals surface area contributed by atoms with Gasteiger partial charge in [0, 0.05) is 11.3 Å².